The third-order valence-electron chi connectivity index (χ3n) is 4.09. The molecular weight excluding hydrogens is 339 g/mol. The number of halogens is 2. The van der Waals surface area contributed by atoms with Gasteiger partial charge in [0.15, 0.2) is 5.78 Å². The van der Waals surface area contributed by atoms with Crippen LogP contribution < -0.4 is 4.74 Å². The van der Waals surface area contributed by atoms with Crippen LogP contribution in [0, 0.1) is 13.8 Å². The topological polar surface area (TPSA) is 66.8 Å². The summed E-state index contributed by atoms with van der Waals surface area (Å²) in [5.41, 5.74) is 1.42. The smallest absolute Gasteiger partial charge is 0.174 e. The number of Topliss-reactive ketones (excluding diaryl/α,β-unsaturated/α-hetero) is 1. The fourth-order valence-electron chi connectivity index (χ4n) is 2.78. The number of hydrogen-bond donors (Lipinski definition) is 2. The van der Waals surface area contributed by atoms with E-state index in [-0.39, 0.29) is 40.6 Å². The van der Waals surface area contributed by atoms with Crippen LogP contribution in [0.3, 0.4) is 0 Å². The van der Waals surface area contributed by atoms with E-state index in [4.69, 9.17) is 27.9 Å². The highest BCUT2D eigenvalue weighted by atomic mass is 35.5. The van der Waals surface area contributed by atoms with Crippen LogP contribution in [0.25, 0.3) is 0 Å². The van der Waals surface area contributed by atoms with Gasteiger partial charge in [0.25, 0.3) is 0 Å². The zero-order valence-corrected chi connectivity index (χ0v) is 14.0. The molecule has 1 aliphatic heterocycles. The van der Waals surface area contributed by atoms with Crippen LogP contribution in [0.4, 0.5) is 0 Å². The van der Waals surface area contributed by atoms with E-state index >= 15 is 0 Å². The lowest BCUT2D eigenvalue weighted by molar-refractivity contribution is 0.0842. The lowest BCUT2D eigenvalue weighted by atomic mass is 9.92. The second-order valence-electron chi connectivity index (χ2n) is 5.55. The van der Waals surface area contributed by atoms with Gasteiger partial charge in [0.05, 0.1) is 6.42 Å². The Morgan fingerprint density at radius 3 is 2.48 bits per heavy atom. The minimum Gasteiger partial charge on any atom is -0.507 e. The van der Waals surface area contributed by atoms with Gasteiger partial charge in [0.1, 0.15) is 28.9 Å². The summed E-state index contributed by atoms with van der Waals surface area (Å²) in [7, 11) is 0. The first-order valence-electron chi connectivity index (χ1n) is 7.01. The molecule has 1 aliphatic rings. The predicted molar refractivity (Wildman–Crippen MR) is 88.0 cm³/mol. The average Bonchev–Trinajstić information content (AvgIpc) is 2.50. The van der Waals surface area contributed by atoms with Crippen molar-refractivity contribution in [2.24, 2.45) is 0 Å². The molecule has 0 saturated carbocycles. The maximum Gasteiger partial charge on any atom is 0.174 e. The Kier molecular flexibility index (Phi) is 3.90. The molecule has 0 saturated heterocycles. The minimum absolute atomic E-state index is 0.0472. The lowest BCUT2D eigenvalue weighted by Crippen LogP contribution is -2.22. The molecule has 0 fully saturated rings. The molecule has 1 atom stereocenters. The zero-order valence-electron chi connectivity index (χ0n) is 12.5. The van der Waals surface area contributed by atoms with Crippen LogP contribution >= 0.6 is 23.2 Å². The maximum absolute atomic E-state index is 12.5. The van der Waals surface area contributed by atoms with Gasteiger partial charge in [-0.15, -0.1) is 0 Å². The van der Waals surface area contributed by atoms with Crippen molar-refractivity contribution in [2.75, 3.05) is 0 Å². The molecule has 6 heteroatoms. The van der Waals surface area contributed by atoms with Gasteiger partial charge in [-0.2, -0.15) is 0 Å². The summed E-state index contributed by atoms with van der Waals surface area (Å²) >= 11 is 12.1. The third kappa shape index (κ3) is 2.52. The summed E-state index contributed by atoms with van der Waals surface area (Å²) < 4.78 is 5.89. The summed E-state index contributed by atoms with van der Waals surface area (Å²) in [6, 6.07) is 4.96. The number of aromatic hydroxyl groups is 2. The highest BCUT2D eigenvalue weighted by molar-refractivity contribution is 6.35. The number of phenols is 2. The fourth-order valence-corrected chi connectivity index (χ4v) is 3.31. The van der Waals surface area contributed by atoms with Gasteiger partial charge in [0, 0.05) is 26.7 Å². The van der Waals surface area contributed by atoms with Gasteiger partial charge in [-0.25, -0.2) is 0 Å². The van der Waals surface area contributed by atoms with Gasteiger partial charge in [-0.05, 0) is 26.0 Å². The van der Waals surface area contributed by atoms with E-state index in [1.807, 2.05) is 0 Å². The van der Waals surface area contributed by atoms with Crippen LogP contribution in [0.2, 0.25) is 10.0 Å². The van der Waals surface area contributed by atoms with Crippen molar-refractivity contribution < 1.29 is 19.7 Å². The molecule has 120 valence electrons. The number of carbonyl (C=O) groups is 1. The number of hydrogen-bond acceptors (Lipinski definition) is 4. The van der Waals surface area contributed by atoms with E-state index in [1.165, 1.54) is 0 Å². The Labute approximate surface area is 143 Å². The number of ether oxygens (including phenoxy) is 1. The zero-order chi connectivity index (χ0) is 16.9. The normalized spacial score (nSPS) is 16.9. The van der Waals surface area contributed by atoms with E-state index in [2.05, 4.69) is 0 Å². The molecule has 0 spiro atoms. The van der Waals surface area contributed by atoms with E-state index < -0.39 is 6.10 Å². The second kappa shape index (κ2) is 5.62. The maximum atomic E-state index is 12.5. The van der Waals surface area contributed by atoms with Crippen LogP contribution in [0.1, 0.15) is 39.6 Å². The number of ketones is 1. The van der Waals surface area contributed by atoms with E-state index in [1.54, 1.807) is 32.0 Å². The van der Waals surface area contributed by atoms with Crippen molar-refractivity contribution >= 4 is 29.0 Å². The first-order chi connectivity index (χ1) is 10.8. The van der Waals surface area contributed by atoms with Crippen molar-refractivity contribution in [1.82, 2.24) is 0 Å². The van der Waals surface area contributed by atoms with Gasteiger partial charge in [0.2, 0.25) is 0 Å². The molecule has 0 radical (unpaired) electrons. The first kappa shape index (κ1) is 16.0. The van der Waals surface area contributed by atoms with Crippen molar-refractivity contribution in [2.45, 2.75) is 26.4 Å². The number of carbonyl (C=O) groups excluding carboxylic acids is 1. The molecule has 0 amide bonds. The molecule has 2 N–H and O–H groups in total. The van der Waals surface area contributed by atoms with Gasteiger partial charge >= 0.3 is 0 Å². The SMILES string of the molecule is Cc1c(O)c(C)c2c(c1O)C(=O)CC(c1ccc(Cl)cc1Cl)O2. The van der Waals surface area contributed by atoms with Gasteiger partial charge in [-0.3, -0.25) is 4.79 Å². The standard InChI is InChI=1S/C17H14Cl2O4/c1-7-15(21)8(2)17-14(16(7)22)12(20)6-13(23-17)10-4-3-9(18)5-11(10)19/h3-5,13,21-22H,6H2,1-2H3. The predicted octanol–water partition coefficient (Wildman–Crippen LogP) is 4.73. The molecule has 1 unspecified atom stereocenters. The molecule has 0 aliphatic carbocycles. The number of rotatable bonds is 1. The van der Waals surface area contributed by atoms with Crippen LogP contribution in [-0.2, 0) is 0 Å². The Hall–Kier alpha value is -1.91. The average molecular weight is 353 g/mol. The molecule has 23 heavy (non-hydrogen) atoms. The molecule has 0 aromatic heterocycles. The molecular formula is C17H14Cl2O4. The number of benzene rings is 2. The van der Waals surface area contributed by atoms with E-state index in [0.29, 0.717) is 21.2 Å². The van der Waals surface area contributed by atoms with E-state index in [9.17, 15) is 15.0 Å². The van der Waals surface area contributed by atoms with Crippen LogP contribution in [0.5, 0.6) is 17.2 Å². The molecule has 2 aromatic carbocycles. The molecule has 0 bridgehead atoms. The first-order valence-corrected chi connectivity index (χ1v) is 7.76. The minimum atomic E-state index is -0.597. The highest BCUT2D eigenvalue weighted by Crippen LogP contribution is 2.47. The number of phenolic OH excluding ortho intramolecular Hbond substituents is 2. The van der Waals surface area contributed by atoms with E-state index in [0.717, 1.165) is 0 Å². The molecule has 2 aromatic rings. The van der Waals surface area contributed by atoms with Crippen LogP contribution in [-0.4, -0.2) is 16.0 Å². The van der Waals surface area contributed by atoms with Crippen LogP contribution in [0.15, 0.2) is 18.2 Å². The Bertz CT molecular complexity index is 830. The van der Waals surface area contributed by atoms with Crippen molar-refractivity contribution in [3.05, 3.63) is 50.5 Å². The molecule has 3 rings (SSSR count). The Morgan fingerprint density at radius 1 is 1.13 bits per heavy atom. The molecule has 4 nitrogen and oxygen atoms in total. The summed E-state index contributed by atoms with van der Waals surface area (Å²) in [5, 5.41) is 21.1. The Balaban J connectivity index is 2.12. The Morgan fingerprint density at radius 2 is 1.83 bits per heavy atom. The van der Waals surface area contributed by atoms with Gasteiger partial charge < -0.3 is 14.9 Å². The summed E-state index contributed by atoms with van der Waals surface area (Å²) in [6.07, 6.45) is -0.550. The summed E-state index contributed by atoms with van der Waals surface area (Å²) in [6.45, 7) is 3.19. The van der Waals surface area contributed by atoms with Crippen molar-refractivity contribution in [3.8, 4) is 17.2 Å². The fraction of sp³-hybridized carbons (Fsp3) is 0.235. The second-order valence-corrected chi connectivity index (χ2v) is 6.39. The van der Waals surface area contributed by atoms with Crippen molar-refractivity contribution in [3.63, 3.8) is 0 Å². The lowest BCUT2D eigenvalue weighted by Gasteiger charge is -2.29. The monoisotopic (exact) mass is 352 g/mol. The summed E-state index contributed by atoms with van der Waals surface area (Å²) in [4.78, 5) is 12.5. The number of fused-ring (bicyclic) bond motifs is 1. The van der Waals surface area contributed by atoms with Gasteiger partial charge in [-0.1, -0.05) is 29.3 Å². The summed E-state index contributed by atoms with van der Waals surface area (Å²) in [5.74, 6) is -0.394. The third-order valence-corrected chi connectivity index (χ3v) is 4.65. The van der Waals surface area contributed by atoms with Crippen molar-refractivity contribution in [1.29, 1.82) is 0 Å². The quantitative estimate of drug-likeness (QED) is 0.778. The molecule has 1 heterocycles. The largest absolute Gasteiger partial charge is 0.507 e. The highest BCUT2D eigenvalue weighted by Gasteiger charge is 2.34.